The van der Waals surface area contributed by atoms with Crippen molar-refractivity contribution in [1.82, 2.24) is 9.78 Å². The number of aryl methyl sites for hydroxylation is 1. The maximum Gasteiger partial charge on any atom is 0.283 e. The monoisotopic (exact) mass is 175 g/mol. The molecule has 1 heterocycles. The second-order valence-electron chi connectivity index (χ2n) is 2.18. The van der Waals surface area contributed by atoms with Crippen LogP contribution in [-0.4, -0.2) is 16.4 Å². The van der Waals surface area contributed by atoms with Gasteiger partial charge in [-0.15, -0.1) is 0 Å². The van der Waals surface area contributed by atoms with Crippen molar-refractivity contribution in [3.8, 4) is 5.75 Å². The predicted octanol–water partition coefficient (Wildman–Crippen LogP) is 1.56. The van der Waals surface area contributed by atoms with Crippen LogP contribution in [0.5, 0.6) is 5.75 Å². The van der Waals surface area contributed by atoms with Gasteiger partial charge in [0.05, 0.1) is 6.61 Å². The van der Waals surface area contributed by atoms with Crippen LogP contribution >= 0.6 is 0 Å². The fraction of sp³-hybridized carbons (Fsp3) is 0.571. The van der Waals surface area contributed by atoms with Gasteiger partial charge in [-0.2, -0.15) is 5.10 Å². The Bertz CT molecular complexity index is 260. The molecule has 0 fully saturated rings. The zero-order chi connectivity index (χ0) is 9.14. The van der Waals surface area contributed by atoms with E-state index in [9.17, 15) is 8.78 Å². The van der Waals surface area contributed by atoms with Crippen molar-refractivity contribution < 1.29 is 13.5 Å². The minimum atomic E-state index is -2.57. The minimum Gasteiger partial charge on any atom is -0.489 e. The summed E-state index contributed by atoms with van der Waals surface area (Å²) in [7, 11) is 1.43. The van der Waals surface area contributed by atoms with Crippen LogP contribution in [0.15, 0.2) is 0 Å². The first-order valence-corrected chi connectivity index (χ1v) is 3.52. The largest absolute Gasteiger partial charge is 0.489 e. The van der Waals surface area contributed by atoms with Crippen molar-refractivity contribution in [3.05, 3.63) is 11.9 Å². The second-order valence-corrected chi connectivity index (χ2v) is 2.18. The summed E-state index contributed by atoms with van der Waals surface area (Å²) in [5, 5.41) is 3.54. The fourth-order valence-electron chi connectivity index (χ4n) is 0.869. The molecule has 0 aliphatic rings. The first-order valence-electron chi connectivity index (χ1n) is 3.52. The molecule has 67 valence electrons. The van der Waals surface area contributed by atoms with E-state index in [1.807, 2.05) is 0 Å². The Morgan fingerprint density at radius 1 is 1.67 bits per heavy atom. The topological polar surface area (TPSA) is 27.1 Å². The SMILES string of the molecule is CCOc1[c]nn(C)c1C(F)F. The standard InChI is InChI=1S/C7H9F2N2O/c1-3-12-5-4-10-11(2)6(5)7(8)9/h7H,3H2,1-2H3. The number of halogens is 2. The molecule has 1 radical (unpaired) electrons. The summed E-state index contributed by atoms with van der Waals surface area (Å²) >= 11 is 0. The predicted molar refractivity (Wildman–Crippen MR) is 38.2 cm³/mol. The molecule has 0 saturated carbocycles. The molecule has 5 heteroatoms. The first kappa shape index (κ1) is 8.96. The summed E-state index contributed by atoms with van der Waals surface area (Å²) in [5.74, 6) is 0.0370. The third kappa shape index (κ3) is 1.54. The van der Waals surface area contributed by atoms with Crippen LogP contribution in [0.1, 0.15) is 19.0 Å². The summed E-state index contributed by atoms with van der Waals surface area (Å²) in [6.45, 7) is 2.05. The van der Waals surface area contributed by atoms with Crippen LogP contribution in [0.2, 0.25) is 0 Å². The lowest BCUT2D eigenvalue weighted by Gasteiger charge is -2.03. The van der Waals surface area contributed by atoms with Gasteiger partial charge in [0, 0.05) is 7.05 Å². The highest BCUT2D eigenvalue weighted by molar-refractivity contribution is 5.24. The number of nitrogens with zero attached hydrogens (tertiary/aromatic N) is 2. The molecule has 1 rings (SSSR count). The van der Waals surface area contributed by atoms with Gasteiger partial charge in [0.2, 0.25) is 0 Å². The van der Waals surface area contributed by atoms with Crippen LogP contribution in [0.25, 0.3) is 0 Å². The van der Waals surface area contributed by atoms with E-state index in [-0.39, 0.29) is 11.4 Å². The summed E-state index contributed by atoms with van der Waals surface area (Å²) in [6, 6.07) is 0. The average molecular weight is 175 g/mol. The molecule has 0 N–H and O–H groups in total. The molecule has 12 heavy (non-hydrogen) atoms. The Labute approximate surface area is 68.9 Å². The maximum absolute atomic E-state index is 12.3. The van der Waals surface area contributed by atoms with E-state index in [0.717, 1.165) is 4.68 Å². The van der Waals surface area contributed by atoms with Crippen molar-refractivity contribution in [2.75, 3.05) is 6.61 Å². The van der Waals surface area contributed by atoms with Crippen LogP contribution in [0, 0.1) is 6.20 Å². The highest BCUT2D eigenvalue weighted by Crippen LogP contribution is 2.27. The third-order valence-electron chi connectivity index (χ3n) is 1.38. The van der Waals surface area contributed by atoms with Gasteiger partial charge in [0.1, 0.15) is 5.69 Å². The van der Waals surface area contributed by atoms with Gasteiger partial charge in [0.25, 0.3) is 6.43 Å². The zero-order valence-corrected chi connectivity index (χ0v) is 6.84. The molecule has 0 aliphatic carbocycles. The molecule has 0 unspecified atom stereocenters. The highest BCUT2D eigenvalue weighted by atomic mass is 19.3. The molecule has 0 aliphatic heterocycles. The maximum atomic E-state index is 12.3. The molecule has 0 bridgehead atoms. The Hall–Kier alpha value is -1.13. The Balaban J connectivity index is 2.95. The van der Waals surface area contributed by atoms with Gasteiger partial charge in [-0.05, 0) is 6.92 Å². The lowest BCUT2D eigenvalue weighted by atomic mass is 10.4. The van der Waals surface area contributed by atoms with Crippen LogP contribution < -0.4 is 4.74 Å². The molecule has 3 nitrogen and oxygen atoms in total. The summed E-state index contributed by atoms with van der Waals surface area (Å²) in [4.78, 5) is 0. The number of hydrogen-bond donors (Lipinski definition) is 0. The van der Waals surface area contributed by atoms with E-state index < -0.39 is 6.43 Å². The third-order valence-corrected chi connectivity index (χ3v) is 1.38. The summed E-state index contributed by atoms with van der Waals surface area (Å²) in [5.41, 5.74) is -0.225. The first-order chi connectivity index (χ1) is 5.66. The van der Waals surface area contributed by atoms with E-state index in [2.05, 4.69) is 11.3 Å². The van der Waals surface area contributed by atoms with Crippen LogP contribution in [0.3, 0.4) is 0 Å². The van der Waals surface area contributed by atoms with Crippen molar-refractivity contribution in [2.45, 2.75) is 13.3 Å². The van der Waals surface area contributed by atoms with Gasteiger partial charge >= 0.3 is 0 Å². The number of rotatable bonds is 3. The summed E-state index contributed by atoms with van der Waals surface area (Å²) in [6.07, 6.45) is -0.207. The lowest BCUT2D eigenvalue weighted by Crippen LogP contribution is -2.01. The Kier molecular flexibility index (Phi) is 2.62. The lowest BCUT2D eigenvalue weighted by molar-refractivity contribution is 0.135. The van der Waals surface area contributed by atoms with Crippen LogP contribution in [0.4, 0.5) is 8.78 Å². The van der Waals surface area contributed by atoms with Gasteiger partial charge in [-0.3, -0.25) is 4.68 Å². The molecular formula is C7H9F2N2O. The molecule has 0 saturated heterocycles. The fourth-order valence-corrected chi connectivity index (χ4v) is 0.869. The van der Waals surface area contributed by atoms with E-state index in [1.54, 1.807) is 6.92 Å². The number of alkyl halides is 2. The molecule has 0 spiro atoms. The summed E-state index contributed by atoms with van der Waals surface area (Å²) < 4.78 is 30.5. The minimum absolute atomic E-state index is 0.0370. The molecule has 0 aromatic carbocycles. The Morgan fingerprint density at radius 2 is 2.33 bits per heavy atom. The molecule has 0 amide bonds. The quantitative estimate of drug-likeness (QED) is 0.697. The smallest absolute Gasteiger partial charge is 0.283 e. The average Bonchev–Trinajstić information content (AvgIpc) is 2.32. The van der Waals surface area contributed by atoms with E-state index in [0.29, 0.717) is 6.61 Å². The number of hydrogen-bond acceptors (Lipinski definition) is 2. The van der Waals surface area contributed by atoms with Crippen molar-refractivity contribution in [3.63, 3.8) is 0 Å². The molecular weight excluding hydrogens is 166 g/mol. The van der Waals surface area contributed by atoms with Crippen molar-refractivity contribution >= 4 is 0 Å². The van der Waals surface area contributed by atoms with E-state index in [4.69, 9.17) is 4.74 Å². The highest BCUT2D eigenvalue weighted by Gasteiger charge is 2.19. The molecule has 0 atom stereocenters. The van der Waals surface area contributed by atoms with Gasteiger partial charge in [-0.1, -0.05) is 0 Å². The zero-order valence-electron chi connectivity index (χ0n) is 6.84. The number of aromatic nitrogens is 2. The number of ether oxygens (including phenoxy) is 1. The second kappa shape index (κ2) is 3.51. The van der Waals surface area contributed by atoms with E-state index in [1.165, 1.54) is 7.05 Å². The van der Waals surface area contributed by atoms with E-state index >= 15 is 0 Å². The van der Waals surface area contributed by atoms with Crippen molar-refractivity contribution in [2.24, 2.45) is 7.05 Å². The van der Waals surface area contributed by atoms with Crippen molar-refractivity contribution in [1.29, 1.82) is 0 Å². The van der Waals surface area contributed by atoms with Gasteiger partial charge < -0.3 is 4.74 Å². The molecule has 1 aromatic rings. The normalized spacial score (nSPS) is 10.8. The van der Waals surface area contributed by atoms with Gasteiger partial charge in [-0.25, -0.2) is 8.78 Å². The van der Waals surface area contributed by atoms with Gasteiger partial charge in [0.15, 0.2) is 11.9 Å². The molecule has 1 aromatic heterocycles. The van der Waals surface area contributed by atoms with Crippen LogP contribution in [-0.2, 0) is 7.05 Å². The Morgan fingerprint density at radius 3 is 2.83 bits per heavy atom.